The van der Waals surface area contributed by atoms with Crippen molar-refractivity contribution >= 4 is 41.0 Å². The van der Waals surface area contributed by atoms with E-state index in [1.807, 2.05) is 18.2 Å². The molecule has 1 aromatic rings. The van der Waals surface area contributed by atoms with Crippen molar-refractivity contribution in [1.82, 2.24) is 0 Å². The van der Waals surface area contributed by atoms with Gasteiger partial charge in [-0.15, -0.1) is 23.5 Å². The van der Waals surface area contributed by atoms with Crippen LogP contribution in [-0.4, -0.2) is 40.8 Å². The fourth-order valence-electron chi connectivity index (χ4n) is 1.26. The van der Waals surface area contributed by atoms with Crippen LogP contribution in [-0.2, 0) is 9.59 Å². The van der Waals surface area contributed by atoms with Crippen LogP contribution in [0.1, 0.15) is 0 Å². The Bertz CT molecular complexity index is 441. The molecule has 0 atom stereocenters. The fourth-order valence-corrected chi connectivity index (χ4v) is 2.54. The van der Waals surface area contributed by atoms with Crippen molar-refractivity contribution in [2.45, 2.75) is 4.90 Å². The van der Waals surface area contributed by atoms with E-state index in [2.05, 4.69) is 5.32 Å². The molecule has 0 unspecified atom stereocenters. The Morgan fingerprint density at radius 1 is 1.26 bits per heavy atom. The first-order chi connectivity index (χ1) is 9.13. The SMILES string of the molecule is NC(=O)CSc1ccccc1NC(=O)CSCCO. The first-order valence-electron chi connectivity index (χ1n) is 5.62. The molecule has 0 saturated heterocycles. The molecule has 0 heterocycles. The zero-order chi connectivity index (χ0) is 14.1. The molecule has 2 amide bonds. The molecule has 0 saturated carbocycles. The Hall–Kier alpha value is -1.18. The van der Waals surface area contributed by atoms with Gasteiger partial charge in [-0.2, -0.15) is 0 Å². The van der Waals surface area contributed by atoms with E-state index in [1.54, 1.807) is 6.07 Å². The molecule has 7 heteroatoms. The zero-order valence-corrected chi connectivity index (χ0v) is 11.9. The minimum Gasteiger partial charge on any atom is -0.396 e. The number of para-hydroxylation sites is 1. The van der Waals surface area contributed by atoms with Gasteiger partial charge in [0.15, 0.2) is 0 Å². The van der Waals surface area contributed by atoms with Crippen molar-refractivity contribution < 1.29 is 14.7 Å². The van der Waals surface area contributed by atoms with Gasteiger partial charge in [0.25, 0.3) is 0 Å². The number of amides is 2. The Kier molecular flexibility index (Phi) is 7.39. The highest BCUT2D eigenvalue weighted by Gasteiger charge is 2.08. The number of rotatable bonds is 8. The van der Waals surface area contributed by atoms with E-state index >= 15 is 0 Å². The smallest absolute Gasteiger partial charge is 0.234 e. The normalized spacial score (nSPS) is 10.2. The number of hydrogen-bond acceptors (Lipinski definition) is 5. The van der Waals surface area contributed by atoms with Gasteiger partial charge in [0, 0.05) is 10.6 Å². The van der Waals surface area contributed by atoms with E-state index in [9.17, 15) is 9.59 Å². The average molecular weight is 300 g/mol. The number of aliphatic hydroxyl groups is 1. The lowest BCUT2D eigenvalue weighted by molar-refractivity contribution is -0.115. The standard InChI is InChI=1S/C12H16N2O3S2/c13-11(16)7-19-10-4-2-1-3-9(10)14-12(17)8-18-6-5-15/h1-4,15H,5-8H2,(H2,13,16)(H,14,17). The minimum absolute atomic E-state index is 0.0585. The number of carbonyl (C=O) groups is 2. The summed E-state index contributed by atoms with van der Waals surface area (Å²) < 4.78 is 0. The largest absolute Gasteiger partial charge is 0.396 e. The Morgan fingerprint density at radius 3 is 2.68 bits per heavy atom. The predicted molar refractivity (Wildman–Crippen MR) is 79.4 cm³/mol. The van der Waals surface area contributed by atoms with Crippen molar-refractivity contribution in [3.63, 3.8) is 0 Å². The van der Waals surface area contributed by atoms with Crippen LogP contribution in [0.3, 0.4) is 0 Å². The molecule has 0 fully saturated rings. The summed E-state index contributed by atoms with van der Waals surface area (Å²) in [6, 6.07) is 7.24. The van der Waals surface area contributed by atoms with Gasteiger partial charge in [-0.3, -0.25) is 9.59 Å². The zero-order valence-electron chi connectivity index (χ0n) is 10.3. The first kappa shape index (κ1) is 15.9. The maximum absolute atomic E-state index is 11.7. The average Bonchev–Trinajstić information content (AvgIpc) is 2.38. The number of hydrogen-bond donors (Lipinski definition) is 3. The molecule has 0 aromatic heterocycles. The van der Waals surface area contributed by atoms with Crippen LogP contribution in [0.4, 0.5) is 5.69 Å². The third-order valence-electron chi connectivity index (χ3n) is 2.00. The van der Waals surface area contributed by atoms with Crippen molar-refractivity contribution in [2.24, 2.45) is 5.73 Å². The molecular formula is C12H16N2O3S2. The lowest BCUT2D eigenvalue weighted by Gasteiger charge is -2.09. The molecule has 1 aromatic carbocycles. The van der Waals surface area contributed by atoms with Crippen LogP contribution in [0.2, 0.25) is 0 Å². The second kappa shape index (κ2) is 8.84. The summed E-state index contributed by atoms with van der Waals surface area (Å²) >= 11 is 2.65. The predicted octanol–water partition coefficient (Wildman–Crippen LogP) is 0.928. The number of anilines is 1. The number of benzene rings is 1. The van der Waals surface area contributed by atoms with E-state index in [0.29, 0.717) is 11.4 Å². The van der Waals surface area contributed by atoms with Gasteiger partial charge in [0.2, 0.25) is 11.8 Å². The molecule has 5 nitrogen and oxygen atoms in total. The lowest BCUT2D eigenvalue weighted by atomic mass is 10.3. The number of nitrogens with one attached hydrogen (secondary N) is 1. The number of nitrogens with two attached hydrogens (primary N) is 1. The van der Waals surface area contributed by atoms with E-state index in [4.69, 9.17) is 10.8 Å². The summed E-state index contributed by atoms with van der Waals surface area (Å²) in [7, 11) is 0. The summed E-state index contributed by atoms with van der Waals surface area (Å²) in [5.41, 5.74) is 5.77. The summed E-state index contributed by atoms with van der Waals surface area (Å²) in [5.74, 6) is 0.461. The van der Waals surface area contributed by atoms with Crippen LogP contribution in [0, 0.1) is 0 Å². The third kappa shape index (κ3) is 6.51. The number of thioether (sulfide) groups is 2. The van der Waals surface area contributed by atoms with Gasteiger partial charge >= 0.3 is 0 Å². The maximum Gasteiger partial charge on any atom is 0.234 e. The molecule has 104 valence electrons. The first-order valence-corrected chi connectivity index (χ1v) is 7.76. The molecule has 0 aliphatic heterocycles. The monoisotopic (exact) mass is 300 g/mol. The van der Waals surface area contributed by atoms with Crippen molar-refractivity contribution in [1.29, 1.82) is 0 Å². The van der Waals surface area contributed by atoms with Crippen LogP contribution in [0.5, 0.6) is 0 Å². The van der Waals surface area contributed by atoms with E-state index < -0.39 is 5.91 Å². The van der Waals surface area contributed by atoms with Gasteiger partial charge < -0.3 is 16.2 Å². The summed E-state index contributed by atoms with van der Waals surface area (Å²) in [4.78, 5) is 23.2. The van der Waals surface area contributed by atoms with Crippen molar-refractivity contribution in [2.75, 3.05) is 29.2 Å². The van der Waals surface area contributed by atoms with Crippen LogP contribution >= 0.6 is 23.5 Å². The van der Waals surface area contributed by atoms with Crippen molar-refractivity contribution in [3.8, 4) is 0 Å². The molecular weight excluding hydrogens is 284 g/mol. The Balaban J connectivity index is 2.56. The molecule has 4 N–H and O–H groups in total. The third-order valence-corrected chi connectivity index (χ3v) is 4.03. The molecule has 1 rings (SSSR count). The highest BCUT2D eigenvalue weighted by molar-refractivity contribution is 8.00. The quantitative estimate of drug-likeness (QED) is 0.490. The maximum atomic E-state index is 11.7. The molecule has 0 aliphatic carbocycles. The molecule has 0 bridgehead atoms. The van der Waals surface area contributed by atoms with Gasteiger partial charge in [-0.05, 0) is 12.1 Å². The second-order valence-electron chi connectivity index (χ2n) is 3.58. The molecule has 0 aliphatic rings. The summed E-state index contributed by atoms with van der Waals surface area (Å²) in [6.07, 6.45) is 0. The molecule has 0 radical (unpaired) electrons. The van der Waals surface area contributed by atoms with Gasteiger partial charge in [0.1, 0.15) is 0 Å². The van der Waals surface area contributed by atoms with Gasteiger partial charge in [-0.25, -0.2) is 0 Å². The van der Waals surface area contributed by atoms with Gasteiger partial charge in [-0.1, -0.05) is 12.1 Å². The number of aliphatic hydroxyl groups excluding tert-OH is 1. The minimum atomic E-state index is -0.398. The second-order valence-corrected chi connectivity index (χ2v) is 5.70. The van der Waals surface area contributed by atoms with E-state index in [1.165, 1.54) is 23.5 Å². The van der Waals surface area contributed by atoms with Crippen molar-refractivity contribution in [3.05, 3.63) is 24.3 Å². The van der Waals surface area contributed by atoms with Crippen LogP contribution in [0.15, 0.2) is 29.2 Å². The Labute approximate surface area is 120 Å². The number of carbonyl (C=O) groups excluding carboxylic acids is 2. The van der Waals surface area contributed by atoms with E-state index in [0.717, 1.165) is 4.90 Å². The van der Waals surface area contributed by atoms with Gasteiger partial charge in [0.05, 0.1) is 23.8 Å². The highest BCUT2D eigenvalue weighted by atomic mass is 32.2. The number of primary amides is 1. The molecule has 19 heavy (non-hydrogen) atoms. The topological polar surface area (TPSA) is 92.4 Å². The highest BCUT2D eigenvalue weighted by Crippen LogP contribution is 2.26. The van der Waals surface area contributed by atoms with E-state index in [-0.39, 0.29) is 24.0 Å². The summed E-state index contributed by atoms with van der Waals surface area (Å²) in [6.45, 7) is 0.0585. The van der Waals surface area contributed by atoms with Crippen LogP contribution in [0.25, 0.3) is 0 Å². The molecule has 0 spiro atoms. The summed E-state index contributed by atoms with van der Waals surface area (Å²) in [5, 5.41) is 11.4. The van der Waals surface area contributed by atoms with Crippen LogP contribution < -0.4 is 11.1 Å². The lowest BCUT2D eigenvalue weighted by Crippen LogP contribution is -2.16. The Morgan fingerprint density at radius 2 is 2.00 bits per heavy atom. The fraction of sp³-hybridized carbons (Fsp3) is 0.333.